The van der Waals surface area contributed by atoms with Crippen molar-refractivity contribution in [3.8, 4) is 0 Å². The molecule has 0 N–H and O–H groups in total. The van der Waals surface area contributed by atoms with Crippen molar-refractivity contribution in [2.45, 2.75) is 24.9 Å². The van der Waals surface area contributed by atoms with E-state index in [1.807, 2.05) is 11.5 Å². The molecule has 2 atom stereocenters. The third kappa shape index (κ3) is 2.76. The molecule has 1 saturated heterocycles. The summed E-state index contributed by atoms with van der Waals surface area (Å²) < 4.78 is 13.1. The highest BCUT2D eigenvalue weighted by Crippen LogP contribution is 2.25. The Bertz CT molecular complexity index is 609. The van der Waals surface area contributed by atoms with Gasteiger partial charge in [0.2, 0.25) is 0 Å². The van der Waals surface area contributed by atoms with Gasteiger partial charge in [0.25, 0.3) is 0 Å². The molecule has 2 aromatic rings. The summed E-state index contributed by atoms with van der Waals surface area (Å²) in [5, 5.41) is 0.348. The minimum Gasteiger partial charge on any atom is -0.376 e. The number of aromatic nitrogens is 3. The van der Waals surface area contributed by atoms with Crippen LogP contribution in [0.25, 0.3) is 11.2 Å². The van der Waals surface area contributed by atoms with E-state index in [-0.39, 0.29) is 11.5 Å². The van der Waals surface area contributed by atoms with Crippen molar-refractivity contribution in [2.75, 3.05) is 19.8 Å². The number of alkyl halides is 1. The van der Waals surface area contributed by atoms with Crippen LogP contribution in [0.15, 0.2) is 12.3 Å². The fraction of sp³-hybridized carbons (Fsp3) is 0.538. The molecule has 108 valence electrons. The number of hydrogen-bond acceptors (Lipinski definition) is 4. The standard InChI is InChI=1S/C13H15Cl2N3O2/c1-8(14)12-17-11-4-9(15)5-16-13(11)18(12)6-10-7-19-2-3-20-10/h4-5,8,10H,2-3,6-7H2,1H3. The number of ether oxygens (including phenoxy) is 2. The molecule has 0 bridgehead atoms. The Kier molecular flexibility index (Phi) is 4.12. The lowest BCUT2D eigenvalue weighted by atomic mass is 10.3. The largest absolute Gasteiger partial charge is 0.376 e. The molecule has 2 unspecified atom stereocenters. The van der Waals surface area contributed by atoms with Crippen molar-refractivity contribution >= 4 is 34.4 Å². The molecule has 0 aliphatic carbocycles. The summed E-state index contributed by atoms with van der Waals surface area (Å²) in [6.07, 6.45) is 1.61. The van der Waals surface area contributed by atoms with Crippen LogP contribution in [-0.4, -0.2) is 40.5 Å². The van der Waals surface area contributed by atoms with E-state index >= 15 is 0 Å². The van der Waals surface area contributed by atoms with Crippen LogP contribution in [0.4, 0.5) is 0 Å². The van der Waals surface area contributed by atoms with Crippen LogP contribution in [0.5, 0.6) is 0 Å². The second-order valence-corrected chi connectivity index (χ2v) is 5.85. The van der Waals surface area contributed by atoms with Crippen molar-refractivity contribution < 1.29 is 9.47 Å². The molecular weight excluding hydrogens is 301 g/mol. The monoisotopic (exact) mass is 315 g/mol. The zero-order valence-corrected chi connectivity index (χ0v) is 12.6. The first-order valence-corrected chi connectivity index (χ1v) is 7.31. The molecule has 0 amide bonds. The highest BCUT2D eigenvalue weighted by Gasteiger charge is 2.21. The fourth-order valence-corrected chi connectivity index (χ4v) is 2.65. The predicted molar refractivity (Wildman–Crippen MR) is 77.4 cm³/mol. The van der Waals surface area contributed by atoms with Crippen LogP contribution in [0, 0.1) is 0 Å². The quantitative estimate of drug-likeness (QED) is 0.817. The van der Waals surface area contributed by atoms with Gasteiger partial charge in [-0.3, -0.25) is 0 Å². The van der Waals surface area contributed by atoms with Crippen molar-refractivity contribution in [1.29, 1.82) is 0 Å². The molecule has 0 aromatic carbocycles. The van der Waals surface area contributed by atoms with E-state index < -0.39 is 0 Å². The Morgan fingerprint density at radius 1 is 1.50 bits per heavy atom. The first kappa shape index (κ1) is 14.1. The van der Waals surface area contributed by atoms with Crippen molar-refractivity contribution in [3.05, 3.63) is 23.1 Å². The maximum atomic E-state index is 6.22. The molecule has 20 heavy (non-hydrogen) atoms. The summed E-state index contributed by atoms with van der Waals surface area (Å²) in [6, 6.07) is 1.79. The summed E-state index contributed by atoms with van der Waals surface area (Å²) >= 11 is 12.2. The Balaban J connectivity index is 1.99. The SMILES string of the molecule is CC(Cl)c1nc2cc(Cl)cnc2n1CC1COCCO1. The molecule has 1 aliphatic rings. The van der Waals surface area contributed by atoms with Crippen LogP contribution in [0.2, 0.25) is 5.02 Å². The third-order valence-corrected chi connectivity index (χ3v) is 3.61. The summed E-state index contributed by atoms with van der Waals surface area (Å²) in [6.45, 7) is 4.34. The van der Waals surface area contributed by atoms with E-state index in [9.17, 15) is 0 Å². The lowest BCUT2D eigenvalue weighted by Gasteiger charge is -2.24. The number of rotatable bonds is 3. The van der Waals surface area contributed by atoms with Gasteiger partial charge in [-0.05, 0) is 13.0 Å². The summed E-state index contributed by atoms with van der Waals surface area (Å²) in [5.74, 6) is 0.769. The zero-order valence-electron chi connectivity index (χ0n) is 11.1. The Morgan fingerprint density at radius 3 is 3.05 bits per heavy atom. The van der Waals surface area contributed by atoms with E-state index in [1.165, 1.54) is 0 Å². The van der Waals surface area contributed by atoms with Gasteiger partial charge in [-0.2, -0.15) is 0 Å². The van der Waals surface area contributed by atoms with Gasteiger partial charge in [-0.15, -0.1) is 11.6 Å². The number of nitrogens with zero attached hydrogens (tertiary/aromatic N) is 3. The minimum atomic E-state index is -0.215. The number of pyridine rings is 1. The summed E-state index contributed by atoms with van der Waals surface area (Å²) in [4.78, 5) is 8.89. The predicted octanol–water partition coefficient (Wildman–Crippen LogP) is 2.80. The van der Waals surface area contributed by atoms with Crippen molar-refractivity contribution in [3.63, 3.8) is 0 Å². The van der Waals surface area contributed by atoms with Crippen LogP contribution >= 0.6 is 23.2 Å². The summed E-state index contributed by atoms with van der Waals surface area (Å²) in [5.41, 5.74) is 1.52. The molecule has 1 fully saturated rings. The number of imidazole rings is 1. The van der Waals surface area contributed by atoms with Crippen LogP contribution in [0.3, 0.4) is 0 Å². The Hall–Kier alpha value is -0.880. The first-order valence-electron chi connectivity index (χ1n) is 6.50. The molecule has 5 nitrogen and oxygen atoms in total. The van der Waals surface area contributed by atoms with Gasteiger partial charge in [0.15, 0.2) is 5.65 Å². The number of hydrogen-bond donors (Lipinski definition) is 0. The smallest absolute Gasteiger partial charge is 0.160 e. The maximum absolute atomic E-state index is 6.22. The number of fused-ring (bicyclic) bond motifs is 1. The molecule has 3 heterocycles. The molecule has 0 radical (unpaired) electrons. The molecule has 3 rings (SSSR count). The van der Waals surface area contributed by atoms with Gasteiger partial charge in [-0.1, -0.05) is 11.6 Å². The Morgan fingerprint density at radius 2 is 2.35 bits per heavy atom. The highest BCUT2D eigenvalue weighted by molar-refractivity contribution is 6.31. The Labute approximate surface area is 126 Å². The highest BCUT2D eigenvalue weighted by atomic mass is 35.5. The van der Waals surface area contributed by atoms with Gasteiger partial charge in [-0.25, -0.2) is 9.97 Å². The van der Waals surface area contributed by atoms with Crippen LogP contribution < -0.4 is 0 Å². The van der Waals surface area contributed by atoms with Crippen LogP contribution in [0.1, 0.15) is 18.1 Å². The fourth-order valence-electron chi connectivity index (χ4n) is 2.33. The van der Waals surface area contributed by atoms with E-state index in [1.54, 1.807) is 12.3 Å². The van der Waals surface area contributed by atoms with Crippen molar-refractivity contribution in [1.82, 2.24) is 14.5 Å². The van der Waals surface area contributed by atoms with Gasteiger partial charge >= 0.3 is 0 Å². The molecule has 0 spiro atoms. The normalized spacial score (nSPS) is 21.2. The lowest BCUT2D eigenvalue weighted by molar-refractivity contribution is -0.0934. The average Bonchev–Trinajstić information content (AvgIpc) is 2.78. The first-order chi connectivity index (χ1) is 9.65. The number of halogens is 2. The maximum Gasteiger partial charge on any atom is 0.160 e. The van der Waals surface area contributed by atoms with Gasteiger partial charge in [0, 0.05) is 6.20 Å². The van der Waals surface area contributed by atoms with Gasteiger partial charge in [0.1, 0.15) is 11.3 Å². The van der Waals surface area contributed by atoms with E-state index in [0.29, 0.717) is 31.4 Å². The molecule has 0 saturated carbocycles. The molecular formula is C13H15Cl2N3O2. The summed E-state index contributed by atoms with van der Waals surface area (Å²) in [7, 11) is 0. The lowest BCUT2D eigenvalue weighted by Crippen LogP contribution is -2.32. The third-order valence-electron chi connectivity index (χ3n) is 3.21. The van der Waals surface area contributed by atoms with Gasteiger partial charge in [0.05, 0.1) is 42.9 Å². The molecule has 1 aliphatic heterocycles. The average molecular weight is 316 g/mol. The second kappa shape index (κ2) is 5.85. The van der Waals surface area contributed by atoms with Crippen LogP contribution in [-0.2, 0) is 16.0 Å². The molecule has 7 heteroatoms. The molecule has 2 aromatic heterocycles. The zero-order chi connectivity index (χ0) is 14.1. The minimum absolute atomic E-state index is 0.00667. The van der Waals surface area contributed by atoms with Crippen molar-refractivity contribution in [2.24, 2.45) is 0 Å². The van der Waals surface area contributed by atoms with E-state index in [4.69, 9.17) is 32.7 Å². The van der Waals surface area contributed by atoms with Gasteiger partial charge < -0.3 is 14.0 Å². The van der Waals surface area contributed by atoms with E-state index in [0.717, 1.165) is 17.0 Å². The van der Waals surface area contributed by atoms with E-state index in [2.05, 4.69) is 9.97 Å². The second-order valence-electron chi connectivity index (χ2n) is 4.76. The topological polar surface area (TPSA) is 49.2 Å².